The summed E-state index contributed by atoms with van der Waals surface area (Å²) in [5.41, 5.74) is 1.00. The highest BCUT2D eigenvalue weighted by Gasteiger charge is 2.35. The predicted molar refractivity (Wildman–Crippen MR) is 144 cm³/mol. The van der Waals surface area contributed by atoms with Gasteiger partial charge in [0.05, 0.1) is 10.6 Å². The normalized spacial score (nSPS) is 12.5. The van der Waals surface area contributed by atoms with Crippen molar-refractivity contribution in [1.29, 1.82) is 0 Å². The van der Waals surface area contributed by atoms with E-state index in [1.807, 2.05) is 0 Å². The highest BCUT2D eigenvalue weighted by atomic mass is 32.2. The van der Waals surface area contributed by atoms with E-state index in [-0.39, 0.29) is 39.2 Å². The fraction of sp³-hybridized carbons (Fsp3) is 0.172. The molecule has 0 bridgehead atoms. The van der Waals surface area contributed by atoms with Crippen molar-refractivity contribution in [3.8, 4) is 45.1 Å². The molecule has 0 saturated heterocycles. The van der Waals surface area contributed by atoms with Crippen molar-refractivity contribution in [3.05, 3.63) is 90.1 Å². The van der Waals surface area contributed by atoms with Gasteiger partial charge in [0, 0.05) is 30.0 Å². The molecular formula is C29H21F6N3O4S. The van der Waals surface area contributed by atoms with Crippen molar-refractivity contribution in [2.75, 3.05) is 6.26 Å². The van der Waals surface area contributed by atoms with Crippen LogP contribution in [-0.4, -0.2) is 35.8 Å². The van der Waals surface area contributed by atoms with Crippen LogP contribution in [0.25, 0.3) is 39.4 Å². The number of aryl methyl sites for hydroxylation is 2. The summed E-state index contributed by atoms with van der Waals surface area (Å²) in [6.45, 7) is 2.98. The molecule has 0 unspecified atom stereocenters. The molecule has 2 heterocycles. The van der Waals surface area contributed by atoms with Crippen LogP contribution in [-0.2, 0) is 16.0 Å². The largest absolute Gasteiger partial charge is 0.573 e. The first-order valence-corrected chi connectivity index (χ1v) is 14.3. The average molecular weight is 622 g/mol. The molecule has 3 aromatic carbocycles. The molecule has 0 aliphatic heterocycles. The topological polar surface area (TPSA) is 87.2 Å². The third-order valence-corrected chi connectivity index (χ3v) is 7.45. The van der Waals surface area contributed by atoms with E-state index in [4.69, 9.17) is 4.42 Å². The lowest BCUT2D eigenvalue weighted by Gasteiger charge is -2.14. The van der Waals surface area contributed by atoms with E-state index in [1.165, 1.54) is 44.2 Å². The van der Waals surface area contributed by atoms with E-state index in [9.17, 15) is 34.8 Å². The summed E-state index contributed by atoms with van der Waals surface area (Å²) in [5.74, 6) is -0.191. The van der Waals surface area contributed by atoms with Crippen molar-refractivity contribution in [2.45, 2.75) is 31.3 Å². The zero-order valence-corrected chi connectivity index (χ0v) is 23.4. The number of benzene rings is 3. The zero-order valence-electron chi connectivity index (χ0n) is 22.6. The van der Waals surface area contributed by atoms with E-state index in [0.29, 0.717) is 16.7 Å². The zero-order chi connectivity index (χ0) is 31.3. The maximum Gasteiger partial charge on any atom is 0.573 e. The monoisotopic (exact) mass is 621 g/mol. The van der Waals surface area contributed by atoms with Crippen LogP contribution >= 0.6 is 0 Å². The maximum absolute atomic E-state index is 13.5. The first kappa shape index (κ1) is 29.9. The number of ether oxygens (including phenoxy) is 1. The number of nitrogens with zero attached hydrogens (tertiary/aromatic N) is 3. The lowest BCUT2D eigenvalue weighted by atomic mass is 9.98. The summed E-state index contributed by atoms with van der Waals surface area (Å²) < 4.78 is 114. The molecule has 0 aliphatic carbocycles. The van der Waals surface area contributed by atoms with Gasteiger partial charge in [0.25, 0.3) is 0 Å². The molecule has 224 valence electrons. The van der Waals surface area contributed by atoms with Gasteiger partial charge in [-0.05, 0) is 72.6 Å². The Morgan fingerprint density at radius 3 is 2.09 bits per heavy atom. The summed E-state index contributed by atoms with van der Waals surface area (Å²) >= 11 is 0. The highest BCUT2D eigenvalue weighted by molar-refractivity contribution is 7.90. The van der Waals surface area contributed by atoms with Crippen LogP contribution in [0, 0.1) is 13.8 Å². The van der Waals surface area contributed by atoms with Crippen molar-refractivity contribution in [1.82, 2.24) is 14.8 Å². The molecule has 0 atom stereocenters. The van der Waals surface area contributed by atoms with Crippen LogP contribution in [0.4, 0.5) is 26.3 Å². The minimum atomic E-state index is -4.89. The molecular weight excluding hydrogens is 600 g/mol. The molecule has 7 nitrogen and oxygen atoms in total. The SMILES string of the molecule is Cc1nc(-c2ccc(OC(F)(F)F)cc2)c(-c2cc(-c3cccc(S(C)(=O)=O)c3)ccc2-n2nc(C(F)(F)F)cc2C)o1. The Bertz CT molecular complexity index is 1930. The van der Waals surface area contributed by atoms with Gasteiger partial charge in [-0.1, -0.05) is 18.2 Å². The van der Waals surface area contributed by atoms with Crippen LogP contribution in [0.3, 0.4) is 0 Å². The van der Waals surface area contributed by atoms with Gasteiger partial charge in [-0.25, -0.2) is 18.1 Å². The molecule has 0 amide bonds. The van der Waals surface area contributed by atoms with E-state index >= 15 is 0 Å². The Hall–Kier alpha value is -4.59. The Kier molecular flexibility index (Phi) is 7.37. The standard InChI is InChI=1S/C29H21F6N3O4S/c1-16-13-25(28(30,31)32)37-38(16)24-12-9-20(19-5-4-6-22(14-19)43(3,39)40)15-23(24)27-26(36-17(2)41-27)18-7-10-21(11-8-18)42-29(33,34)35/h4-15H,1-3H3. The van der Waals surface area contributed by atoms with Crippen molar-refractivity contribution in [3.63, 3.8) is 0 Å². The van der Waals surface area contributed by atoms with Crippen LogP contribution in [0.5, 0.6) is 5.75 Å². The first-order valence-electron chi connectivity index (χ1n) is 12.4. The van der Waals surface area contributed by atoms with Gasteiger partial charge >= 0.3 is 12.5 Å². The minimum Gasteiger partial charge on any atom is -0.440 e. The number of rotatable bonds is 6. The Morgan fingerprint density at radius 1 is 0.837 bits per heavy atom. The van der Waals surface area contributed by atoms with Gasteiger partial charge in [0.1, 0.15) is 11.4 Å². The number of alkyl halides is 6. The van der Waals surface area contributed by atoms with E-state index in [2.05, 4.69) is 14.8 Å². The predicted octanol–water partition coefficient (Wildman–Crippen LogP) is 7.80. The Balaban J connectivity index is 1.72. The van der Waals surface area contributed by atoms with Gasteiger partial charge in [0.2, 0.25) is 0 Å². The van der Waals surface area contributed by atoms with E-state index < -0.39 is 33.8 Å². The summed E-state index contributed by atoms with van der Waals surface area (Å²) in [7, 11) is -3.55. The van der Waals surface area contributed by atoms with Gasteiger partial charge in [-0.2, -0.15) is 18.3 Å². The fourth-order valence-electron chi connectivity index (χ4n) is 4.47. The van der Waals surface area contributed by atoms with E-state index in [1.54, 1.807) is 24.3 Å². The summed E-state index contributed by atoms with van der Waals surface area (Å²) in [4.78, 5) is 4.45. The van der Waals surface area contributed by atoms with Crippen molar-refractivity contribution >= 4 is 9.84 Å². The third-order valence-electron chi connectivity index (χ3n) is 6.34. The second-order valence-electron chi connectivity index (χ2n) is 9.60. The van der Waals surface area contributed by atoms with Crippen molar-refractivity contribution < 1.29 is 43.9 Å². The molecule has 5 aromatic rings. The number of sulfone groups is 1. The Morgan fingerprint density at radius 2 is 1.49 bits per heavy atom. The molecule has 0 radical (unpaired) electrons. The molecule has 43 heavy (non-hydrogen) atoms. The number of hydrogen-bond acceptors (Lipinski definition) is 6. The number of hydrogen-bond donors (Lipinski definition) is 0. The minimum absolute atomic E-state index is 0.0609. The summed E-state index contributed by atoms with van der Waals surface area (Å²) in [6, 6.07) is 16.6. The Labute approximate surface area is 241 Å². The van der Waals surface area contributed by atoms with E-state index in [0.717, 1.165) is 29.1 Å². The quantitative estimate of drug-likeness (QED) is 0.180. The molecule has 0 saturated carbocycles. The van der Waals surface area contributed by atoms with Gasteiger partial charge in [-0.3, -0.25) is 0 Å². The second-order valence-corrected chi connectivity index (χ2v) is 11.6. The number of aromatic nitrogens is 3. The molecule has 2 aromatic heterocycles. The summed E-state index contributed by atoms with van der Waals surface area (Å²) in [6.07, 6.45) is -8.54. The smallest absolute Gasteiger partial charge is 0.440 e. The van der Waals surface area contributed by atoms with Crippen LogP contribution < -0.4 is 4.74 Å². The van der Waals surface area contributed by atoms with Gasteiger partial charge in [0.15, 0.2) is 27.2 Å². The molecule has 14 heteroatoms. The molecule has 0 aliphatic rings. The molecule has 0 N–H and O–H groups in total. The number of halogens is 6. The lowest BCUT2D eigenvalue weighted by Crippen LogP contribution is -2.16. The summed E-state index contributed by atoms with van der Waals surface area (Å²) in [5, 5.41) is 3.77. The first-order chi connectivity index (χ1) is 20.0. The number of oxazole rings is 1. The fourth-order valence-corrected chi connectivity index (χ4v) is 5.13. The van der Waals surface area contributed by atoms with Gasteiger partial charge in [-0.15, -0.1) is 13.2 Å². The van der Waals surface area contributed by atoms with Crippen LogP contribution in [0.2, 0.25) is 0 Å². The molecule has 0 spiro atoms. The average Bonchev–Trinajstić information content (AvgIpc) is 3.50. The third kappa shape index (κ3) is 6.43. The van der Waals surface area contributed by atoms with Crippen molar-refractivity contribution in [2.24, 2.45) is 0 Å². The highest BCUT2D eigenvalue weighted by Crippen LogP contribution is 2.40. The molecule has 5 rings (SSSR count). The second kappa shape index (κ2) is 10.6. The van der Waals surface area contributed by atoms with Gasteiger partial charge < -0.3 is 9.15 Å². The van der Waals surface area contributed by atoms with Crippen LogP contribution in [0.15, 0.2) is 82.1 Å². The maximum atomic E-state index is 13.5. The lowest BCUT2D eigenvalue weighted by molar-refractivity contribution is -0.274. The molecule has 0 fully saturated rings. The van der Waals surface area contributed by atoms with Crippen LogP contribution in [0.1, 0.15) is 17.3 Å².